The van der Waals surface area contributed by atoms with Crippen LogP contribution >= 0.6 is 11.3 Å². The van der Waals surface area contributed by atoms with Crippen LogP contribution in [-0.2, 0) is 9.53 Å². The van der Waals surface area contributed by atoms with E-state index in [1.54, 1.807) is 11.3 Å². The van der Waals surface area contributed by atoms with E-state index < -0.39 is 0 Å². The molecular weight excluding hydrogens is 348 g/mol. The number of hydrogen-bond acceptors (Lipinski definition) is 5. The van der Waals surface area contributed by atoms with Gasteiger partial charge in [-0.05, 0) is 47.4 Å². The molecule has 1 saturated heterocycles. The van der Waals surface area contributed by atoms with E-state index in [4.69, 9.17) is 9.47 Å². The van der Waals surface area contributed by atoms with Crippen molar-refractivity contribution in [3.8, 4) is 5.75 Å². The van der Waals surface area contributed by atoms with Gasteiger partial charge in [-0.3, -0.25) is 9.69 Å². The Hall–Kier alpha value is -1.89. The van der Waals surface area contributed by atoms with E-state index >= 15 is 0 Å². The van der Waals surface area contributed by atoms with E-state index in [0.29, 0.717) is 6.54 Å². The van der Waals surface area contributed by atoms with Crippen LogP contribution in [-0.4, -0.2) is 50.3 Å². The van der Waals surface area contributed by atoms with Crippen molar-refractivity contribution >= 4 is 17.2 Å². The van der Waals surface area contributed by atoms with Crippen molar-refractivity contribution in [2.75, 3.05) is 39.5 Å². The van der Waals surface area contributed by atoms with Crippen molar-refractivity contribution in [3.63, 3.8) is 0 Å². The van der Waals surface area contributed by atoms with Crippen LogP contribution < -0.4 is 10.1 Å². The Bertz CT molecular complexity index is 692. The monoisotopic (exact) mass is 374 g/mol. The van der Waals surface area contributed by atoms with Crippen LogP contribution in [0.1, 0.15) is 22.7 Å². The molecule has 0 bridgehead atoms. The van der Waals surface area contributed by atoms with E-state index in [1.165, 1.54) is 5.56 Å². The predicted molar refractivity (Wildman–Crippen MR) is 104 cm³/mol. The van der Waals surface area contributed by atoms with Gasteiger partial charge in [-0.1, -0.05) is 18.2 Å². The highest BCUT2D eigenvalue weighted by molar-refractivity contribution is 7.07. The van der Waals surface area contributed by atoms with Gasteiger partial charge in [0, 0.05) is 19.6 Å². The van der Waals surface area contributed by atoms with E-state index in [-0.39, 0.29) is 18.6 Å². The molecule has 1 aliphatic rings. The molecule has 1 atom stereocenters. The molecule has 5 nitrogen and oxygen atoms in total. The number of para-hydroxylation sites is 1. The fraction of sp³-hybridized carbons (Fsp3) is 0.450. The summed E-state index contributed by atoms with van der Waals surface area (Å²) in [5, 5.41) is 7.27. The van der Waals surface area contributed by atoms with Crippen LogP contribution in [0.25, 0.3) is 0 Å². The first-order valence-corrected chi connectivity index (χ1v) is 9.89. The largest absolute Gasteiger partial charge is 0.483 e. The third-order valence-corrected chi connectivity index (χ3v) is 5.36. The first-order chi connectivity index (χ1) is 12.6. The van der Waals surface area contributed by atoms with Gasteiger partial charge in [-0.15, -0.1) is 0 Å². The fourth-order valence-electron chi connectivity index (χ4n) is 3.24. The van der Waals surface area contributed by atoms with Crippen LogP contribution in [0.15, 0.2) is 35.0 Å². The quantitative estimate of drug-likeness (QED) is 0.810. The maximum Gasteiger partial charge on any atom is 0.258 e. The molecule has 2 aromatic rings. The van der Waals surface area contributed by atoms with Crippen LogP contribution in [0.2, 0.25) is 0 Å². The molecule has 1 fully saturated rings. The predicted octanol–water partition coefficient (Wildman–Crippen LogP) is 2.93. The van der Waals surface area contributed by atoms with E-state index in [2.05, 4.69) is 27.0 Å². The van der Waals surface area contributed by atoms with Crippen molar-refractivity contribution in [2.45, 2.75) is 19.9 Å². The molecule has 0 aliphatic carbocycles. The molecular formula is C20H26N2O3S. The highest BCUT2D eigenvalue weighted by atomic mass is 32.1. The minimum atomic E-state index is -0.0962. The average molecular weight is 375 g/mol. The number of amides is 1. The number of aryl methyl sites for hydroxylation is 2. The highest BCUT2D eigenvalue weighted by Crippen LogP contribution is 2.24. The number of hydrogen-bond donors (Lipinski definition) is 1. The number of carbonyl (C=O) groups excluding carboxylic acids is 1. The van der Waals surface area contributed by atoms with E-state index in [0.717, 1.165) is 43.2 Å². The first-order valence-electron chi connectivity index (χ1n) is 8.95. The smallest absolute Gasteiger partial charge is 0.258 e. The Balaban J connectivity index is 1.55. The van der Waals surface area contributed by atoms with Gasteiger partial charge < -0.3 is 14.8 Å². The molecule has 0 radical (unpaired) electrons. The van der Waals surface area contributed by atoms with Gasteiger partial charge in [0.25, 0.3) is 5.91 Å². The zero-order valence-electron chi connectivity index (χ0n) is 15.4. The summed E-state index contributed by atoms with van der Waals surface area (Å²) < 4.78 is 11.2. The number of carbonyl (C=O) groups is 1. The van der Waals surface area contributed by atoms with Crippen LogP contribution in [0.4, 0.5) is 0 Å². The second kappa shape index (κ2) is 9.16. The summed E-state index contributed by atoms with van der Waals surface area (Å²) in [6.45, 7) is 7.84. The molecule has 1 aliphatic heterocycles. The Kier molecular flexibility index (Phi) is 6.66. The van der Waals surface area contributed by atoms with Gasteiger partial charge in [0.15, 0.2) is 6.61 Å². The molecule has 1 aromatic carbocycles. The Morgan fingerprint density at radius 1 is 1.27 bits per heavy atom. The average Bonchev–Trinajstić information content (AvgIpc) is 3.17. The summed E-state index contributed by atoms with van der Waals surface area (Å²) in [5.74, 6) is 0.700. The zero-order valence-corrected chi connectivity index (χ0v) is 16.2. The van der Waals surface area contributed by atoms with Crippen LogP contribution in [0.5, 0.6) is 5.75 Å². The Morgan fingerprint density at radius 3 is 2.65 bits per heavy atom. The first kappa shape index (κ1) is 18.9. The molecule has 1 amide bonds. The van der Waals surface area contributed by atoms with Crippen molar-refractivity contribution < 1.29 is 14.3 Å². The van der Waals surface area contributed by atoms with Gasteiger partial charge in [-0.25, -0.2) is 0 Å². The van der Waals surface area contributed by atoms with Crippen molar-refractivity contribution in [1.82, 2.24) is 10.2 Å². The number of thiophene rings is 1. The minimum Gasteiger partial charge on any atom is -0.483 e. The zero-order chi connectivity index (χ0) is 18.4. The Morgan fingerprint density at radius 2 is 2.00 bits per heavy atom. The van der Waals surface area contributed by atoms with Crippen molar-refractivity contribution in [3.05, 3.63) is 51.7 Å². The summed E-state index contributed by atoms with van der Waals surface area (Å²) in [5.41, 5.74) is 3.33. The molecule has 140 valence electrons. The third kappa shape index (κ3) is 4.84. The number of rotatable bonds is 7. The summed E-state index contributed by atoms with van der Waals surface area (Å²) in [7, 11) is 0. The second-order valence-corrected chi connectivity index (χ2v) is 7.31. The van der Waals surface area contributed by atoms with Gasteiger partial charge in [-0.2, -0.15) is 11.3 Å². The highest BCUT2D eigenvalue weighted by Gasteiger charge is 2.23. The number of morpholine rings is 1. The maximum atomic E-state index is 12.3. The minimum absolute atomic E-state index is 0.0329. The standard InChI is InChI=1S/C20H26N2O3S/c1-15-4-3-5-16(2)20(15)25-13-19(23)21-12-18(17-6-11-26-14-17)22-7-9-24-10-8-22/h3-6,11,14,18H,7-10,12-13H2,1-2H3,(H,21,23). The topological polar surface area (TPSA) is 50.8 Å². The third-order valence-electron chi connectivity index (χ3n) is 4.66. The summed E-state index contributed by atoms with van der Waals surface area (Å²) in [6.07, 6.45) is 0. The second-order valence-electron chi connectivity index (χ2n) is 6.53. The lowest BCUT2D eigenvalue weighted by Gasteiger charge is -2.34. The SMILES string of the molecule is Cc1cccc(C)c1OCC(=O)NCC(c1ccsc1)N1CCOCC1. The van der Waals surface area contributed by atoms with Gasteiger partial charge in [0.1, 0.15) is 5.75 Å². The van der Waals surface area contributed by atoms with E-state index in [9.17, 15) is 4.79 Å². The summed E-state index contributed by atoms with van der Waals surface area (Å²) >= 11 is 1.68. The lowest BCUT2D eigenvalue weighted by atomic mass is 10.1. The molecule has 26 heavy (non-hydrogen) atoms. The lowest BCUT2D eigenvalue weighted by molar-refractivity contribution is -0.123. The molecule has 0 spiro atoms. The molecule has 0 saturated carbocycles. The molecule has 6 heteroatoms. The molecule has 1 aromatic heterocycles. The van der Waals surface area contributed by atoms with Gasteiger partial charge >= 0.3 is 0 Å². The van der Waals surface area contributed by atoms with Crippen LogP contribution in [0.3, 0.4) is 0 Å². The molecule has 1 unspecified atom stereocenters. The van der Waals surface area contributed by atoms with Crippen LogP contribution in [0, 0.1) is 13.8 Å². The van der Waals surface area contributed by atoms with Gasteiger partial charge in [0.05, 0.1) is 19.3 Å². The molecule has 2 heterocycles. The lowest BCUT2D eigenvalue weighted by Crippen LogP contribution is -2.44. The number of benzene rings is 1. The Labute approximate surface area is 158 Å². The normalized spacial score (nSPS) is 16.2. The van der Waals surface area contributed by atoms with Gasteiger partial charge in [0.2, 0.25) is 0 Å². The summed E-state index contributed by atoms with van der Waals surface area (Å²) in [4.78, 5) is 14.7. The molecule has 1 N–H and O–H groups in total. The number of ether oxygens (including phenoxy) is 2. The fourth-order valence-corrected chi connectivity index (χ4v) is 3.94. The summed E-state index contributed by atoms with van der Waals surface area (Å²) in [6, 6.07) is 8.28. The van der Waals surface area contributed by atoms with Crippen molar-refractivity contribution in [2.24, 2.45) is 0 Å². The van der Waals surface area contributed by atoms with Crippen molar-refractivity contribution in [1.29, 1.82) is 0 Å². The maximum absolute atomic E-state index is 12.3. The number of nitrogens with one attached hydrogen (secondary N) is 1. The molecule has 3 rings (SSSR count). The van der Waals surface area contributed by atoms with E-state index in [1.807, 2.05) is 32.0 Å². The number of nitrogens with zero attached hydrogens (tertiary/aromatic N) is 1.